The first kappa shape index (κ1) is 15.1. The molecule has 5 N–H and O–H groups in total. The van der Waals surface area contributed by atoms with Gasteiger partial charge in [0.05, 0.1) is 11.0 Å². The van der Waals surface area contributed by atoms with Gasteiger partial charge >= 0.3 is 0 Å². The lowest BCUT2D eigenvalue weighted by Crippen LogP contribution is -2.35. The molecule has 0 unspecified atom stereocenters. The predicted molar refractivity (Wildman–Crippen MR) is 72.6 cm³/mol. The van der Waals surface area contributed by atoms with Crippen LogP contribution in [0.2, 0.25) is 0 Å². The fourth-order valence-electron chi connectivity index (χ4n) is 1.54. The summed E-state index contributed by atoms with van der Waals surface area (Å²) in [5.74, 6) is -0.300. The first-order chi connectivity index (χ1) is 9.04. The van der Waals surface area contributed by atoms with E-state index in [1.54, 1.807) is 0 Å². The highest BCUT2D eigenvalue weighted by Crippen LogP contribution is 2.15. The lowest BCUT2D eigenvalue weighted by molar-refractivity contribution is -0.384. The normalized spacial score (nSPS) is 11.9. The maximum Gasteiger partial charge on any atom is 0.269 e. The van der Waals surface area contributed by atoms with E-state index in [1.165, 1.54) is 24.3 Å². The van der Waals surface area contributed by atoms with Crippen molar-refractivity contribution < 1.29 is 9.72 Å². The molecule has 0 aliphatic carbocycles. The Morgan fingerprint density at radius 3 is 2.47 bits per heavy atom. The van der Waals surface area contributed by atoms with Crippen LogP contribution in [0.25, 0.3) is 0 Å². The van der Waals surface area contributed by atoms with E-state index in [0.717, 1.165) is 12.8 Å². The lowest BCUT2D eigenvalue weighted by Gasteiger charge is -2.11. The summed E-state index contributed by atoms with van der Waals surface area (Å²) in [4.78, 5) is 21.7. The lowest BCUT2D eigenvalue weighted by atomic mass is 10.1. The highest BCUT2D eigenvalue weighted by Gasteiger charge is 2.13. The van der Waals surface area contributed by atoms with Gasteiger partial charge in [0.25, 0.3) is 5.69 Å². The van der Waals surface area contributed by atoms with Crippen molar-refractivity contribution in [2.75, 3.05) is 11.9 Å². The summed E-state index contributed by atoms with van der Waals surface area (Å²) < 4.78 is 0. The third-order valence-electron chi connectivity index (χ3n) is 2.65. The van der Waals surface area contributed by atoms with E-state index in [2.05, 4.69) is 5.32 Å². The average Bonchev–Trinajstić information content (AvgIpc) is 2.39. The minimum absolute atomic E-state index is 0.0229. The van der Waals surface area contributed by atoms with E-state index in [1.807, 2.05) is 0 Å². The summed E-state index contributed by atoms with van der Waals surface area (Å²) in [5.41, 5.74) is 11.5. The van der Waals surface area contributed by atoms with Gasteiger partial charge < -0.3 is 16.8 Å². The molecule has 19 heavy (non-hydrogen) atoms. The van der Waals surface area contributed by atoms with Crippen LogP contribution in [0, 0.1) is 10.1 Å². The predicted octanol–water partition coefficient (Wildman–Crippen LogP) is 0.990. The minimum atomic E-state index is -0.596. The Hall–Kier alpha value is -1.99. The van der Waals surface area contributed by atoms with Crippen molar-refractivity contribution in [3.63, 3.8) is 0 Å². The van der Waals surface area contributed by atoms with E-state index in [-0.39, 0.29) is 11.6 Å². The highest BCUT2D eigenvalue weighted by molar-refractivity contribution is 5.94. The van der Waals surface area contributed by atoms with Crippen LogP contribution in [0.5, 0.6) is 0 Å². The summed E-state index contributed by atoms with van der Waals surface area (Å²) in [5, 5.41) is 13.1. The molecule has 0 bridgehead atoms. The van der Waals surface area contributed by atoms with Gasteiger partial charge in [0.2, 0.25) is 5.91 Å². The van der Waals surface area contributed by atoms with Gasteiger partial charge in [-0.05, 0) is 31.5 Å². The Morgan fingerprint density at radius 1 is 1.32 bits per heavy atom. The zero-order chi connectivity index (χ0) is 14.3. The second kappa shape index (κ2) is 7.45. The molecule has 0 fully saturated rings. The number of hydrogen-bond donors (Lipinski definition) is 3. The van der Waals surface area contributed by atoms with Crippen LogP contribution in [0.1, 0.15) is 19.3 Å². The Kier molecular flexibility index (Phi) is 5.91. The van der Waals surface area contributed by atoms with Gasteiger partial charge in [-0.3, -0.25) is 14.9 Å². The molecule has 7 nitrogen and oxygen atoms in total. The Labute approximate surface area is 111 Å². The molecule has 0 aliphatic heterocycles. The van der Waals surface area contributed by atoms with Crippen LogP contribution in [-0.2, 0) is 4.79 Å². The van der Waals surface area contributed by atoms with Crippen LogP contribution >= 0.6 is 0 Å². The zero-order valence-electron chi connectivity index (χ0n) is 10.5. The smallest absolute Gasteiger partial charge is 0.269 e. The summed E-state index contributed by atoms with van der Waals surface area (Å²) >= 11 is 0. The summed E-state index contributed by atoms with van der Waals surface area (Å²) in [7, 11) is 0. The molecule has 1 atom stereocenters. The number of hydrogen-bond acceptors (Lipinski definition) is 5. The summed E-state index contributed by atoms with van der Waals surface area (Å²) in [6, 6.07) is 5.01. The number of nitrogens with zero attached hydrogens (tertiary/aromatic N) is 1. The molecule has 0 saturated carbocycles. The van der Waals surface area contributed by atoms with Gasteiger partial charge in [0.15, 0.2) is 0 Å². The molecular formula is C12H18N4O3. The Balaban J connectivity index is 2.49. The molecule has 0 aliphatic rings. The maximum atomic E-state index is 11.7. The van der Waals surface area contributed by atoms with Crippen LogP contribution in [0.3, 0.4) is 0 Å². The molecule has 104 valence electrons. The van der Waals surface area contributed by atoms with E-state index in [0.29, 0.717) is 18.7 Å². The molecule has 7 heteroatoms. The van der Waals surface area contributed by atoms with Crippen molar-refractivity contribution in [2.45, 2.75) is 25.3 Å². The first-order valence-corrected chi connectivity index (χ1v) is 6.05. The standard InChI is InChI=1S/C12H18N4O3/c13-8-2-1-3-11(14)12(17)15-9-4-6-10(7-5-9)16(18)19/h4-7,11H,1-3,8,13-14H2,(H,15,17)/t11-/m0/s1. The molecule has 0 radical (unpaired) electrons. The topological polar surface area (TPSA) is 124 Å². The Bertz CT molecular complexity index is 433. The van der Waals surface area contributed by atoms with Crippen LogP contribution in [-0.4, -0.2) is 23.4 Å². The Morgan fingerprint density at radius 2 is 1.95 bits per heavy atom. The van der Waals surface area contributed by atoms with Gasteiger partial charge in [-0.25, -0.2) is 0 Å². The van der Waals surface area contributed by atoms with Crippen molar-refractivity contribution in [1.29, 1.82) is 0 Å². The molecule has 0 aromatic heterocycles. The number of unbranched alkanes of at least 4 members (excludes halogenated alkanes) is 1. The molecule has 1 aromatic rings. The van der Waals surface area contributed by atoms with Crippen LogP contribution in [0.15, 0.2) is 24.3 Å². The summed E-state index contributed by atoms with van der Waals surface area (Å²) in [6.45, 7) is 0.580. The number of nitrogens with two attached hydrogens (primary N) is 2. The van der Waals surface area contributed by atoms with Crippen molar-refractivity contribution in [3.05, 3.63) is 34.4 Å². The van der Waals surface area contributed by atoms with Crippen LogP contribution in [0.4, 0.5) is 11.4 Å². The van der Waals surface area contributed by atoms with Gasteiger partial charge in [-0.2, -0.15) is 0 Å². The third-order valence-corrected chi connectivity index (χ3v) is 2.65. The zero-order valence-corrected chi connectivity index (χ0v) is 10.5. The monoisotopic (exact) mass is 266 g/mol. The van der Waals surface area contributed by atoms with Crippen LogP contribution < -0.4 is 16.8 Å². The number of benzene rings is 1. The number of nitrogens with one attached hydrogen (secondary N) is 1. The largest absolute Gasteiger partial charge is 0.330 e. The number of rotatable bonds is 7. The van der Waals surface area contributed by atoms with Crippen molar-refractivity contribution in [1.82, 2.24) is 0 Å². The van der Waals surface area contributed by atoms with Gasteiger partial charge in [-0.1, -0.05) is 6.42 Å². The fraction of sp³-hybridized carbons (Fsp3) is 0.417. The summed E-state index contributed by atoms with van der Waals surface area (Å²) in [6.07, 6.45) is 2.19. The number of nitro groups is 1. The number of carbonyl (C=O) groups excluding carboxylic acids is 1. The van der Waals surface area contributed by atoms with E-state index in [9.17, 15) is 14.9 Å². The second-order valence-corrected chi connectivity index (χ2v) is 4.18. The number of anilines is 1. The van der Waals surface area contributed by atoms with E-state index >= 15 is 0 Å². The highest BCUT2D eigenvalue weighted by atomic mass is 16.6. The van der Waals surface area contributed by atoms with E-state index < -0.39 is 11.0 Å². The van der Waals surface area contributed by atoms with Crippen molar-refractivity contribution >= 4 is 17.3 Å². The number of non-ortho nitro benzene ring substituents is 1. The quantitative estimate of drug-likeness (QED) is 0.385. The molecule has 0 saturated heterocycles. The molecule has 0 spiro atoms. The average molecular weight is 266 g/mol. The molecule has 0 heterocycles. The van der Waals surface area contributed by atoms with E-state index in [4.69, 9.17) is 11.5 Å². The first-order valence-electron chi connectivity index (χ1n) is 6.05. The molecule has 1 rings (SSSR count). The number of amides is 1. The third kappa shape index (κ3) is 5.02. The second-order valence-electron chi connectivity index (χ2n) is 4.18. The maximum absolute atomic E-state index is 11.7. The van der Waals surface area contributed by atoms with Gasteiger partial charge in [-0.15, -0.1) is 0 Å². The van der Waals surface area contributed by atoms with Gasteiger partial charge in [0.1, 0.15) is 0 Å². The van der Waals surface area contributed by atoms with Gasteiger partial charge in [0, 0.05) is 17.8 Å². The molecular weight excluding hydrogens is 248 g/mol. The van der Waals surface area contributed by atoms with Crippen molar-refractivity contribution in [3.8, 4) is 0 Å². The SMILES string of the molecule is NCCCC[C@H](N)C(=O)Nc1ccc([N+](=O)[O-])cc1. The fourth-order valence-corrected chi connectivity index (χ4v) is 1.54. The molecule has 1 aromatic carbocycles. The molecule has 1 amide bonds. The number of carbonyl (C=O) groups is 1. The minimum Gasteiger partial charge on any atom is -0.330 e. The van der Waals surface area contributed by atoms with Crippen molar-refractivity contribution in [2.24, 2.45) is 11.5 Å². The number of nitro benzene ring substituents is 1.